The molecule has 2 aliphatic carbocycles. The Balaban J connectivity index is 0.000000134. The van der Waals surface area contributed by atoms with Crippen LogP contribution in [0.15, 0.2) is 24.3 Å². The summed E-state index contributed by atoms with van der Waals surface area (Å²) in [6.45, 7) is 0. The van der Waals surface area contributed by atoms with Crippen molar-refractivity contribution in [2.45, 2.75) is 25.7 Å². The summed E-state index contributed by atoms with van der Waals surface area (Å²) in [7, 11) is 0. The maximum absolute atomic E-state index is 8.44. The van der Waals surface area contributed by atoms with E-state index >= 15 is 0 Å². The smallest absolute Gasteiger partial charge is 0.0992 e. The number of terminal acetylenes is 1. The van der Waals surface area contributed by atoms with Crippen molar-refractivity contribution >= 4 is 0 Å². The van der Waals surface area contributed by atoms with E-state index in [1.807, 2.05) is 6.07 Å². The Morgan fingerprint density at radius 3 is 2.00 bits per heavy atom. The van der Waals surface area contributed by atoms with E-state index in [1.165, 1.54) is 11.8 Å². The predicted octanol–water partition coefficient (Wildman–Crippen LogP) is 3.35. The first kappa shape index (κ1) is 10.8. The molecule has 2 saturated carbocycles. The van der Waals surface area contributed by atoms with E-state index in [0.29, 0.717) is 5.56 Å². The van der Waals surface area contributed by atoms with Gasteiger partial charge in [0.1, 0.15) is 0 Å². The molecule has 0 amide bonds. The number of nitrogens with zero attached hydrogens (tertiary/aromatic N) is 1. The van der Waals surface area contributed by atoms with Crippen molar-refractivity contribution in [1.82, 2.24) is 0 Å². The van der Waals surface area contributed by atoms with Gasteiger partial charge in [-0.1, -0.05) is 12.0 Å². The van der Waals surface area contributed by atoms with Gasteiger partial charge in [-0.25, -0.2) is 0 Å². The third-order valence-electron chi connectivity index (χ3n) is 3.64. The molecule has 0 bridgehead atoms. The Morgan fingerprint density at radius 1 is 1.06 bits per heavy atom. The molecule has 3 rings (SSSR count). The fourth-order valence-corrected chi connectivity index (χ4v) is 2.24. The lowest BCUT2D eigenvalue weighted by Gasteiger charge is -2.46. The Labute approximate surface area is 97.1 Å². The highest BCUT2D eigenvalue weighted by Gasteiger charge is 2.37. The Bertz CT molecular complexity index is 400. The summed E-state index contributed by atoms with van der Waals surface area (Å²) in [4.78, 5) is 0. The molecule has 0 spiro atoms. The fraction of sp³-hybridized carbons (Fsp3) is 0.400. The molecule has 0 N–H and O–H groups in total. The molecular formula is C15H15N. The van der Waals surface area contributed by atoms with Crippen molar-refractivity contribution in [3.8, 4) is 18.4 Å². The molecule has 0 unspecified atom stereocenters. The number of nitriles is 1. The number of benzene rings is 1. The quantitative estimate of drug-likeness (QED) is 0.601. The molecular weight excluding hydrogens is 194 g/mol. The molecule has 1 aromatic carbocycles. The highest BCUT2D eigenvalue weighted by Crippen LogP contribution is 2.49. The second-order valence-electron chi connectivity index (χ2n) is 4.51. The van der Waals surface area contributed by atoms with Crippen LogP contribution in [-0.2, 0) is 0 Å². The summed E-state index contributed by atoms with van der Waals surface area (Å²) in [5, 5.41) is 8.44. The molecule has 1 heteroatoms. The van der Waals surface area contributed by atoms with Crippen molar-refractivity contribution in [2.75, 3.05) is 0 Å². The van der Waals surface area contributed by atoms with Gasteiger partial charge in [-0.3, -0.25) is 0 Å². The second-order valence-corrected chi connectivity index (χ2v) is 4.51. The molecule has 0 aromatic heterocycles. The third kappa shape index (κ3) is 2.26. The normalized spacial score (nSPS) is 24.4. The summed E-state index contributed by atoms with van der Waals surface area (Å²) in [5.41, 5.74) is 1.36. The molecule has 0 heterocycles. The fourth-order valence-electron chi connectivity index (χ4n) is 2.24. The second kappa shape index (κ2) is 4.86. The van der Waals surface area contributed by atoms with Crippen LogP contribution >= 0.6 is 0 Å². The Kier molecular flexibility index (Phi) is 3.28. The predicted molar refractivity (Wildman–Crippen MR) is 64.5 cm³/mol. The van der Waals surface area contributed by atoms with Crippen molar-refractivity contribution < 1.29 is 0 Å². The van der Waals surface area contributed by atoms with E-state index < -0.39 is 0 Å². The topological polar surface area (TPSA) is 23.8 Å². The average Bonchev–Trinajstić information content (AvgIpc) is 2.34. The van der Waals surface area contributed by atoms with Crippen LogP contribution in [0.25, 0.3) is 0 Å². The number of rotatable bonds is 0. The molecule has 1 aromatic rings. The van der Waals surface area contributed by atoms with E-state index in [1.54, 1.807) is 49.9 Å². The first-order valence-corrected chi connectivity index (χ1v) is 5.80. The molecule has 80 valence electrons. The van der Waals surface area contributed by atoms with Gasteiger partial charge in [0, 0.05) is 5.56 Å². The minimum absolute atomic E-state index is 0.607. The highest BCUT2D eigenvalue weighted by molar-refractivity contribution is 5.40. The van der Waals surface area contributed by atoms with Crippen LogP contribution in [0.5, 0.6) is 0 Å². The van der Waals surface area contributed by atoms with Crippen molar-refractivity contribution in [1.29, 1.82) is 5.26 Å². The van der Waals surface area contributed by atoms with Crippen LogP contribution in [0.3, 0.4) is 0 Å². The van der Waals surface area contributed by atoms with Gasteiger partial charge in [0.25, 0.3) is 0 Å². The summed E-state index contributed by atoms with van der Waals surface area (Å²) in [6.07, 6.45) is 11.4. The monoisotopic (exact) mass is 209 g/mol. The van der Waals surface area contributed by atoms with Gasteiger partial charge in [-0.15, -0.1) is 6.42 Å². The zero-order valence-corrected chi connectivity index (χ0v) is 9.32. The summed E-state index contributed by atoms with van der Waals surface area (Å²) < 4.78 is 0. The lowest BCUT2D eigenvalue weighted by atomic mass is 9.60. The minimum Gasteiger partial charge on any atom is -0.192 e. The van der Waals surface area contributed by atoms with Crippen LogP contribution in [0, 0.1) is 35.5 Å². The molecule has 0 radical (unpaired) electrons. The lowest BCUT2D eigenvalue weighted by Crippen LogP contribution is -2.34. The van der Waals surface area contributed by atoms with Crippen molar-refractivity contribution in [3.63, 3.8) is 0 Å². The van der Waals surface area contributed by atoms with E-state index in [2.05, 4.69) is 5.92 Å². The standard InChI is InChI=1S/C9H5N.C6H10/c1-2-8-4-3-5-9(6-8)7-10;1-2-6-4-3-5(1)6/h1,3-6H;5-6H,1-4H2. The first-order valence-electron chi connectivity index (χ1n) is 5.80. The maximum atomic E-state index is 8.44. The number of fused-ring (bicyclic) bond motifs is 1. The van der Waals surface area contributed by atoms with Crippen LogP contribution in [0.2, 0.25) is 0 Å². The molecule has 0 atom stereocenters. The Morgan fingerprint density at radius 2 is 1.62 bits per heavy atom. The van der Waals surface area contributed by atoms with Gasteiger partial charge < -0.3 is 0 Å². The Hall–Kier alpha value is -1.73. The van der Waals surface area contributed by atoms with Crippen LogP contribution in [-0.4, -0.2) is 0 Å². The molecule has 1 nitrogen and oxygen atoms in total. The van der Waals surface area contributed by atoms with Gasteiger partial charge in [0.05, 0.1) is 11.6 Å². The lowest BCUT2D eigenvalue weighted by molar-refractivity contribution is 0.0548. The van der Waals surface area contributed by atoms with Gasteiger partial charge in [0.15, 0.2) is 0 Å². The van der Waals surface area contributed by atoms with Crippen LogP contribution in [0.1, 0.15) is 36.8 Å². The largest absolute Gasteiger partial charge is 0.192 e. The molecule has 0 aliphatic heterocycles. The van der Waals surface area contributed by atoms with Crippen molar-refractivity contribution in [2.24, 2.45) is 11.8 Å². The van der Waals surface area contributed by atoms with Gasteiger partial charge in [-0.2, -0.15) is 5.26 Å². The summed E-state index contributed by atoms with van der Waals surface area (Å²) >= 11 is 0. The van der Waals surface area contributed by atoms with Gasteiger partial charge >= 0.3 is 0 Å². The van der Waals surface area contributed by atoms with Crippen molar-refractivity contribution in [3.05, 3.63) is 35.4 Å². The van der Waals surface area contributed by atoms with Crippen LogP contribution < -0.4 is 0 Å². The molecule has 2 aliphatic rings. The highest BCUT2D eigenvalue weighted by atomic mass is 14.4. The molecule has 16 heavy (non-hydrogen) atoms. The zero-order chi connectivity index (χ0) is 11.4. The van der Waals surface area contributed by atoms with Gasteiger partial charge in [0.2, 0.25) is 0 Å². The molecule has 0 saturated heterocycles. The zero-order valence-electron chi connectivity index (χ0n) is 9.32. The average molecular weight is 209 g/mol. The number of hydrogen-bond donors (Lipinski definition) is 0. The van der Waals surface area contributed by atoms with E-state index in [-0.39, 0.29) is 0 Å². The van der Waals surface area contributed by atoms with E-state index in [0.717, 1.165) is 5.56 Å². The molecule has 2 fully saturated rings. The number of hydrogen-bond acceptors (Lipinski definition) is 1. The first-order chi connectivity index (χ1) is 7.83. The van der Waals surface area contributed by atoms with Gasteiger partial charge in [-0.05, 0) is 55.7 Å². The minimum atomic E-state index is 0.607. The maximum Gasteiger partial charge on any atom is 0.0992 e. The third-order valence-corrected chi connectivity index (χ3v) is 3.64. The summed E-state index contributed by atoms with van der Waals surface area (Å²) in [6, 6.07) is 8.97. The summed E-state index contributed by atoms with van der Waals surface area (Å²) in [5.74, 6) is 4.88. The van der Waals surface area contributed by atoms with E-state index in [9.17, 15) is 0 Å². The van der Waals surface area contributed by atoms with Crippen LogP contribution in [0.4, 0.5) is 0 Å². The van der Waals surface area contributed by atoms with E-state index in [4.69, 9.17) is 11.7 Å². The SMILES string of the molecule is C#Cc1cccc(C#N)c1.C1CC2CCC12.